The quantitative estimate of drug-likeness (QED) is 0.663. The molecule has 0 spiro atoms. The van der Waals surface area contributed by atoms with Gasteiger partial charge < -0.3 is 16.4 Å². The van der Waals surface area contributed by atoms with E-state index in [2.05, 4.69) is 15.9 Å². The maximum absolute atomic E-state index is 12.2. The third-order valence-electron chi connectivity index (χ3n) is 3.89. The predicted octanol–water partition coefficient (Wildman–Crippen LogP) is 4.12. The van der Waals surface area contributed by atoms with Gasteiger partial charge in [0.2, 0.25) is 0 Å². The van der Waals surface area contributed by atoms with Crippen molar-refractivity contribution in [3.05, 3.63) is 88.4 Å². The van der Waals surface area contributed by atoms with E-state index < -0.39 is 11.8 Å². The van der Waals surface area contributed by atoms with Crippen molar-refractivity contribution < 1.29 is 9.59 Å². The van der Waals surface area contributed by atoms with Crippen LogP contribution in [0, 0.1) is 0 Å². The molecule has 26 heavy (non-hydrogen) atoms. The lowest BCUT2D eigenvalue weighted by atomic mass is 10.0. The number of primary amides is 2. The zero-order valence-corrected chi connectivity index (χ0v) is 15.3. The van der Waals surface area contributed by atoms with E-state index in [1.54, 1.807) is 12.1 Å². The number of carbonyl (C=O) groups is 2. The number of carbonyl (C=O) groups excluding carboxylic acids is 2. The van der Waals surface area contributed by atoms with Gasteiger partial charge in [0, 0.05) is 15.8 Å². The molecule has 6 heteroatoms. The molecule has 130 valence electrons. The van der Waals surface area contributed by atoms with Crippen LogP contribution in [0.3, 0.4) is 0 Å². The first-order chi connectivity index (χ1) is 12.5. The zero-order chi connectivity index (χ0) is 18.7. The van der Waals surface area contributed by atoms with E-state index in [1.165, 1.54) is 0 Å². The van der Waals surface area contributed by atoms with Crippen molar-refractivity contribution in [1.29, 1.82) is 0 Å². The standard InChI is InChI=1S/C20H16BrN3O2/c21-15-11-12-16(18(20(23)26)17(15)19(22)25)24(13-7-3-1-4-8-13)14-9-5-2-6-10-14/h1-12H,(H2,22,25)(H2,23,26). The number of nitrogens with zero attached hydrogens (tertiary/aromatic N) is 1. The van der Waals surface area contributed by atoms with Crippen LogP contribution in [0.1, 0.15) is 20.7 Å². The molecule has 3 rings (SSSR count). The summed E-state index contributed by atoms with van der Waals surface area (Å²) in [7, 11) is 0. The van der Waals surface area contributed by atoms with E-state index >= 15 is 0 Å². The topological polar surface area (TPSA) is 89.4 Å². The van der Waals surface area contributed by atoms with E-state index in [0.29, 0.717) is 10.2 Å². The summed E-state index contributed by atoms with van der Waals surface area (Å²) in [6, 6.07) is 22.4. The van der Waals surface area contributed by atoms with Crippen LogP contribution in [0.25, 0.3) is 0 Å². The molecule has 0 saturated carbocycles. The fourth-order valence-electron chi connectivity index (χ4n) is 2.82. The van der Waals surface area contributed by atoms with Gasteiger partial charge in [-0.3, -0.25) is 9.59 Å². The van der Waals surface area contributed by atoms with Crippen molar-refractivity contribution in [3.63, 3.8) is 0 Å². The van der Waals surface area contributed by atoms with Gasteiger partial charge in [-0.05, 0) is 52.3 Å². The van der Waals surface area contributed by atoms with Crippen LogP contribution in [0.5, 0.6) is 0 Å². The van der Waals surface area contributed by atoms with Crippen molar-refractivity contribution in [1.82, 2.24) is 0 Å². The van der Waals surface area contributed by atoms with Crippen LogP contribution in [-0.2, 0) is 0 Å². The Morgan fingerprint density at radius 2 is 1.15 bits per heavy atom. The first-order valence-electron chi connectivity index (χ1n) is 7.83. The molecule has 0 radical (unpaired) electrons. The second-order valence-corrected chi connectivity index (χ2v) is 6.41. The summed E-state index contributed by atoms with van der Waals surface area (Å²) in [6.07, 6.45) is 0. The summed E-state index contributed by atoms with van der Waals surface area (Å²) < 4.78 is 0.420. The first-order valence-corrected chi connectivity index (χ1v) is 8.62. The molecular formula is C20H16BrN3O2. The van der Waals surface area contributed by atoms with E-state index in [0.717, 1.165) is 11.4 Å². The third kappa shape index (κ3) is 3.32. The van der Waals surface area contributed by atoms with Crippen LogP contribution in [0.2, 0.25) is 0 Å². The van der Waals surface area contributed by atoms with Gasteiger partial charge in [0.15, 0.2) is 0 Å². The van der Waals surface area contributed by atoms with E-state index in [1.807, 2.05) is 65.6 Å². The van der Waals surface area contributed by atoms with E-state index in [9.17, 15) is 9.59 Å². The molecule has 0 aliphatic rings. The normalized spacial score (nSPS) is 10.3. The second-order valence-electron chi connectivity index (χ2n) is 5.55. The van der Waals surface area contributed by atoms with Crippen molar-refractivity contribution in [2.75, 3.05) is 4.90 Å². The number of rotatable bonds is 5. The number of para-hydroxylation sites is 2. The summed E-state index contributed by atoms with van der Waals surface area (Å²) in [5.41, 5.74) is 13.4. The zero-order valence-electron chi connectivity index (χ0n) is 13.7. The molecule has 0 unspecified atom stereocenters. The highest BCUT2D eigenvalue weighted by Crippen LogP contribution is 2.39. The highest BCUT2D eigenvalue weighted by Gasteiger charge is 2.25. The van der Waals surface area contributed by atoms with Gasteiger partial charge in [0.05, 0.1) is 16.8 Å². The number of halogens is 1. The van der Waals surface area contributed by atoms with Gasteiger partial charge in [0.1, 0.15) is 0 Å². The molecule has 4 N–H and O–H groups in total. The molecule has 0 aromatic heterocycles. The number of hydrogen-bond acceptors (Lipinski definition) is 3. The smallest absolute Gasteiger partial charge is 0.251 e. The Morgan fingerprint density at radius 3 is 1.58 bits per heavy atom. The molecular weight excluding hydrogens is 394 g/mol. The highest BCUT2D eigenvalue weighted by molar-refractivity contribution is 9.10. The van der Waals surface area contributed by atoms with Crippen LogP contribution in [-0.4, -0.2) is 11.8 Å². The Kier molecular flexibility index (Phi) is 5.04. The average Bonchev–Trinajstić information content (AvgIpc) is 2.64. The summed E-state index contributed by atoms with van der Waals surface area (Å²) >= 11 is 3.28. The van der Waals surface area contributed by atoms with Crippen LogP contribution < -0.4 is 16.4 Å². The predicted molar refractivity (Wildman–Crippen MR) is 106 cm³/mol. The molecule has 0 bridgehead atoms. The number of hydrogen-bond donors (Lipinski definition) is 2. The van der Waals surface area contributed by atoms with Gasteiger partial charge in [-0.2, -0.15) is 0 Å². The summed E-state index contributed by atoms with van der Waals surface area (Å²) in [4.78, 5) is 26.1. The fourth-order valence-corrected chi connectivity index (χ4v) is 3.35. The first kappa shape index (κ1) is 17.7. The average molecular weight is 410 g/mol. The Labute approximate surface area is 159 Å². The minimum absolute atomic E-state index is 0.0619. The molecule has 0 fully saturated rings. The summed E-state index contributed by atoms with van der Waals surface area (Å²) in [6.45, 7) is 0. The van der Waals surface area contributed by atoms with Gasteiger partial charge in [-0.25, -0.2) is 0 Å². The van der Waals surface area contributed by atoms with Crippen LogP contribution in [0.4, 0.5) is 17.1 Å². The van der Waals surface area contributed by atoms with Crippen LogP contribution in [0.15, 0.2) is 77.3 Å². The lowest BCUT2D eigenvalue weighted by Gasteiger charge is -2.28. The van der Waals surface area contributed by atoms with Gasteiger partial charge in [0.25, 0.3) is 11.8 Å². The number of amides is 2. The minimum atomic E-state index is -0.730. The highest BCUT2D eigenvalue weighted by atomic mass is 79.9. The SMILES string of the molecule is NC(=O)c1c(Br)ccc(N(c2ccccc2)c2ccccc2)c1C(N)=O. The Morgan fingerprint density at radius 1 is 0.692 bits per heavy atom. The van der Waals surface area contributed by atoms with Gasteiger partial charge >= 0.3 is 0 Å². The lowest BCUT2D eigenvalue weighted by molar-refractivity contribution is 0.0967. The monoisotopic (exact) mass is 409 g/mol. The second kappa shape index (κ2) is 7.41. The molecule has 0 heterocycles. The van der Waals surface area contributed by atoms with Gasteiger partial charge in [-0.15, -0.1) is 0 Å². The molecule has 3 aromatic rings. The number of nitrogens with two attached hydrogens (primary N) is 2. The van der Waals surface area contributed by atoms with E-state index in [4.69, 9.17) is 11.5 Å². The summed E-state index contributed by atoms with van der Waals surface area (Å²) in [5.74, 6) is -1.46. The van der Waals surface area contributed by atoms with E-state index in [-0.39, 0.29) is 11.1 Å². The molecule has 0 aliphatic carbocycles. The van der Waals surface area contributed by atoms with Crippen molar-refractivity contribution in [3.8, 4) is 0 Å². The molecule has 0 aliphatic heterocycles. The Hall–Kier alpha value is -3.12. The summed E-state index contributed by atoms with van der Waals surface area (Å²) in [5, 5.41) is 0. The largest absolute Gasteiger partial charge is 0.366 e. The van der Waals surface area contributed by atoms with Gasteiger partial charge in [-0.1, -0.05) is 36.4 Å². The molecule has 3 aromatic carbocycles. The fraction of sp³-hybridized carbons (Fsp3) is 0. The van der Waals surface area contributed by atoms with Crippen molar-refractivity contribution >= 4 is 44.8 Å². The lowest BCUT2D eigenvalue weighted by Crippen LogP contribution is -2.25. The van der Waals surface area contributed by atoms with Crippen LogP contribution >= 0.6 is 15.9 Å². The Balaban J connectivity index is 2.34. The van der Waals surface area contributed by atoms with Crippen molar-refractivity contribution in [2.45, 2.75) is 0 Å². The maximum Gasteiger partial charge on any atom is 0.251 e. The maximum atomic E-state index is 12.2. The number of benzene rings is 3. The Bertz CT molecular complexity index is 920. The van der Waals surface area contributed by atoms with Crippen molar-refractivity contribution in [2.24, 2.45) is 11.5 Å². The molecule has 5 nitrogen and oxygen atoms in total. The molecule has 0 saturated heterocycles. The minimum Gasteiger partial charge on any atom is -0.366 e. The third-order valence-corrected chi connectivity index (χ3v) is 4.56. The number of anilines is 3. The molecule has 2 amide bonds. The molecule has 0 atom stereocenters.